The molecule has 0 spiro atoms. The number of carbonyl (C=O) groups is 1. The first-order valence-corrected chi connectivity index (χ1v) is 7.98. The maximum absolute atomic E-state index is 12.0. The molecule has 0 unspecified atom stereocenters. The van der Waals surface area contributed by atoms with Gasteiger partial charge in [-0.2, -0.15) is 5.10 Å². The van der Waals surface area contributed by atoms with Crippen LogP contribution in [-0.2, 0) is 0 Å². The molecular formula is C20H20N2O4. The molecule has 2 aromatic rings. The average Bonchev–Trinajstić information content (AvgIpc) is 2.67. The molecule has 2 aromatic carbocycles. The number of hydrogen-bond acceptors (Lipinski definition) is 5. The molecule has 0 aliphatic heterocycles. The summed E-state index contributed by atoms with van der Waals surface area (Å²) in [6.45, 7) is 2.52. The number of amides is 1. The highest BCUT2D eigenvalue weighted by Crippen LogP contribution is 2.27. The summed E-state index contributed by atoms with van der Waals surface area (Å²) in [6, 6.07) is 12.0. The van der Waals surface area contributed by atoms with E-state index in [2.05, 4.69) is 16.4 Å². The van der Waals surface area contributed by atoms with Crippen molar-refractivity contribution < 1.29 is 19.0 Å². The number of terminal acetylenes is 1. The van der Waals surface area contributed by atoms with E-state index in [1.165, 1.54) is 6.21 Å². The van der Waals surface area contributed by atoms with Gasteiger partial charge in [-0.25, -0.2) is 5.43 Å². The monoisotopic (exact) mass is 352 g/mol. The van der Waals surface area contributed by atoms with E-state index < -0.39 is 0 Å². The Hall–Kier alpha value is -3.46. The van der Waals surface area contributed by atoms with Gasteiger partial charge in [0, 0.05) is 5.56 Å². The van der Waals surface area contributed by atoms with E-state index in [-0.39, 0.29) is 12.5 Å². The quantitative estimate of drug-likeness (QED) is 0.451. The molecule has 1 N–H and O–H groups in total. The standard InChI is InChI=1S/C20H20N2O4/c1-4-12-26-18-11-6-15(13-19(18)25-5-2)14-21-22-20(23)16-7-9-17(24-3)10-8-16/h1,6-11,13-14H,5,12H2,2-3H3,(H,22,23)/b21-14-. The molecule has 6 heteroatoms. The summed E-state index contributed by atoms with van der Waals surface area (Å²) in [5, 5.41) is 3.97. The van der Waals surface area contributed by atoms with Gasteiger partial charge in [-0.3, -0.25) is 4.79 Å². The summed E-state index contributed by atoms with van der Waals surface area (Å²) >= 11 is 0. The van der Waals surface area contributed by atoms with Crippen LogP contribution in [0.4, 0.5) is 0 Å². The van der Waals surface area contributed by atoms with Gasteiger partial charge < -0.3 is 14.2 Å². The second-order valence-electron chi connectivity index (χ2n) is 5.06. The maximum Gasteiger partial charge on any atom is 0.271 e. The molecule has 0 aliphatic rings. The Morgan fingerprint density at radius 3 is 2.62 bits per heavy atom. The highest BCUT2D eigenvalue weighted by atomic mass is 16.5. The average molecular weight is 352 g/mol. The number of hydrogen-bond donors (Lipinski definition) is 1. The van der Waals surface area contributed by atoms with Gasteiger partial charge in [0.1, 0.15) is 12.4 Å². The van der Waals surface area contributed by atoms with E-state index in [1.807, 2.05) is 6.92 Å². The molecule has 26 heavy (non-hydrogen) atoms. The minimum Gasteiger partial charge on any atom is -0.497 e. The predicted molar refractivity (Wildman–Crippen MR) is 100.0 cm³/mol. The topological polar surface area (TPSA) is 69.2 Å². The van der Waals surface area contributed by atoms with Gasteiger partial charge in [-0.05, 0) is 55.0 Å². The molecule has 0 aromatic heterocycles. The molecule has 2 rings (SSSR count). The molecule has 0 saturated heterocycles. The molecule has 0 radical (unpaired) electrons. The van der Waals surface area contributed by atoms with E-state index in [9.17, 15) is 4.79 Å². The van der Waals surface area contributed by atoms with Crippen molar-refractivity contribution in [3.05, 3.63) is 53.6 Å². The second kappa shape index (κ2) is 9.74. The minimum absolute atomic E-state index is 0.158. The fourth-order valence-electron chi connectivity index (χ4n) is 2.08. The van der Waals surface area contributed by atoms with E-state index in [1.54, 1.807) is 49.6 Å². The zero-order valence-corrected chi connectivity index (χ0v) is 14.7. The number of rotatable bonds is 8. The van der Waals surface area contributed by atoms with Crippen LogP contribution >= 0.6 is 0 Å². The van der Waals surface area contributed by atoms with Crippen molar-refractivity contribution in [1.29, 1.82) is 0 Å². The van der Waals surface area contributed by atoms with Gasteiger partial charge in [0.2, 0.25) is 0 Å². The van der Waals surface area contributed by atoms with Crippen molar-refractivity contribution in [2.75, 3.05) is 20.3 Å². The number of nitrogens with one attached hydrogen (secondary N) is 1. The summed E-state index contributed by atoms with van der Waals surface area (Å²) in [7, 11) is 1.57. The summed E-state index contributed by atoms with van der Waals surface area (Å²) in [5.74, 6) is 3.90. The number of methoxy groups -OCH3 is 1. The van der Waals surface area contributed by atoms with Gasteiger partial charge >= 0.3 is 0 Å². The Labute approximate surface area is 152 Å². The van der Waals surface area contributed by atoms with Gasteiger partial charge in [0.05, 0.1) is 19.9 Å². The molecule has 0 fully saturated rings. The molecule has 6 nitrogen and oxygen atoms in total. The van der Waals surface area contributed by atoms with Gasteiger partial charge in [-0.15, -0.1) is 6.42 Å². The number of benzene rings is 2. The predicted octanol–water partition coefficient (Wildman–Crippen LogP) is 2.87. The molecular weight excluding hydrogens is 332 g/mol. The van der Waals surface area contributed by atoms with Crippen LogP contribution in [0.15, 0.2) is 47.6 Å². The second-order valence-corrected chi connectivity index (χ2v) is 5.06. The Kier molecular flexibility index (Phi) is 7.07. The lowest BCUT2D eigenvalue weighted by Crippen LogP contribution is -2.17. The minimum atomic E-state index is -0.317. The Morgan fingerprint density at radius 1 is 1.19 bits per heavy atom. The molecule has 0 atom stereocenters. The number of hydrazone groups is 1. The Balaban J connectivity index is 2.03. The van der Waals surface area contributed by atoms with Crippen LogP contribution in [0.1, 0.15) is 22.8 Å². The van der Waals surface area contributed by atoms with Crippen molar-refractivity contribution >= 4 is 12.1 Å². The Bertz CT molecular complexity index is 808. The SMILES string of the molecule is C#CCOc1ccc(/C=N\NC(=O)c2ccc(OC)cc2)cc1OCC. The van der Waals surface area contributed by atoms with Crippen molar-refractivity contribution in [2.24, 2.45) is 5.10 Å². The summed E-state index contributed by atoms with van der Waals surface area (Å²) in [4.78, 5) is 12.0. The number of carbonyl (C=O) groups excluding carboxylic acids is 1. The van der Waals surface area contributed by atoms with Crippen LogP contribution in [0.3, 0.4) is 0 Å². The fraction of sp³-hybridized carbons (Fsp3) is 0.200. The van der Waals surface area contributed by atoms with Crippen LogP contribution in [0.5, 0.6) is 17.2 Å². The van der Waals surface area contributed by atoms with E-state index in [4.69, 9.17) is 20.6 Å². The first-order valence-electron chi connectivity index (χ1n) is 7.98. The lowest BCUT2D eigenvalue weighted by atomic mass is 10.2. The summed E-state index contributed by atoms with van der Waals surface area (Å²) < 4.78 is 16.0. The zero-order chi connectivity index (χ0) is 18.8. The molecule has 0 bridgehead atoms. The first kappa shape index (κ1) is 18.9. The highest BCUT2D eigenvalue weighted by Gasteiger charge is 2.06. The highest BCUT2D eigenvalue weighted by molar-refractivity contribution is 5.95. The van der Waals surface area contributed by atoms with E-state index in [0.717, 1.165) is 5.56 Å². The largest absolute Gasteiger partial charge is 0.497 e. The van der Waals surface area contributed by atoms with Crippen LogP contribution in [-0.4, -0.2) is 32.4 Å². The van der Waals surface area contributed by atoms with Crippen LogP contribution in [0.2, 0.25) is 0 Å². The van der Waals surface area contributed by atoms with E-state index in [0.29, 0.717) is 29.4 Å². The summed E-state index contributed by atoms with van der Waals surface area (Å²) in [6.07, 6.45) is 6.73. The van der Waals surface area contributed by atoms with Crippen LogP contribution < -0.4 is 19.6 Å². The smallest absolute Gasteiger partial charge is 0.271 e. The van der Waals surface area contributed by atoms with Crippen molar-refractivity contribution in [3.63, 3.8) is 0 Å². The van der Waals surface area contributed by atoms with Crippen LogP contribution in [0, 0.1) is 12.3 Å². The zero-order valence-electron chi connectivity index (χ0n) is 14.7. The molecule has 134 valence electrons. The molecule has 1 amide bonds. The third kappa shape index (κ3) is 5.28. The van der Waals surface area contributed by atoms with Crippen molar-refractivity contribution in [2.45, 2.75) is 6.92 Å². The van der Waals surface area contributed by atoms with E-state index >= 15 is 0 Å². The number of ether oxygens (including phenoxy) is 3. The first-order chi connectivity index (χ1) is 12.7. The Morgan fingerprint density at radius 2 is 1.96 bits per heavy atom. The van der Waals surface area contributed by atoms with Crippen molar-refractivity contribution in [1.82, 2.24) is 5.43 Å². The molecule has 0 saturated carbocycles. The third-order valence-electron chi connectivity index (χ3n) is 3.31. The van der Waals surface area contributed by atoms with Crippen molar-refractivity contribution in [3.8, 4) is 29.6 Å². The lowest BCUT2D eigenvalue weighted by Gasteiger charge is -2.10. The van der Waals surface area contributed by atoms with Gasteiger partial charge in [0.15, 0.2) is 11.5 Å². The fourth-order valence-corrected chi connectivity index (χ4v) is 2.08. The number of nitrogens with zero attached hydrogens (tertiary/aromatic N) is 1. The van der Waals surface area contributed by atoms with Gasteiger partial charge in [0.25, 0.3) is 5.91 Å². The lowest BCUT2D eigenvalue weighted by molar-refractivity contribution is 0.0955. The third-order valence-corrected chi connectivity index (χ3v) is 3.31. The molecule has 0 heterocycles. The summed E-state index contributed by atoms with van der Waals surface area (Å²) in [5.41, 5.74) is 3.71. The molecule has 0 aliphatic carbocycles. The normalized spacial score (nSPS) is 10.2. The maximum atomic E-state index is 12.0. The van der Waals surface area contributed by atoms with Gasteiger partial charge in [-0.1, -0.05) is 5.92 Å². The van der Waals surface area contributed by atoms with Crippen LogP contribution in [0.25, 0.3) is 0 Å².